The molecule has 0 bridgehead atoms. The van der Waals surface area contributed by atoms with Crippen molar-refractivity contribution < 1.29 is 9.18 Å². The predicted octanol–water partition coefficient (Wildman–Crippen LogP) is 5.02. The maximum Gasteiger partial charge on any atom is 0.244 e. The van der Waals surface area contributed by atoms with Gasteiger partial charge >= 0.3 is 0 Å². The van der Waals surface area contributed by atoms with Crippen LogP contribution in [0.15, 0.2) is 47.6 Å². The first-order valence-electron chi connectivity index (χ1n) is 10.3. The lowest BCUT2D eigenvalue weighted by atomic mass is 9.79. The Hall–Kier alpha value is -2.69. The monoisotopic (exact) mass is 395 g/mol. The molecule has 1 atom stereocenters. The van der Waals surface area contributed by atoms with Crippen molar-refractivity contribution in [3.8, 4) is 0 Å². The SMILES string of the molecule is CCCN1c2cc(F)c(/C=N\NC(=O)Cc3ccccc3)cc2C(C)CC1(C)C. The second-order valence-corrected chi connectivity index (χ2v) is 8.46. The third kappa shape index (κ3) is 4.84. The predicted molar refractivity (Wildman–Crippen MR) is 117 cm³/mol. The highest BCUT2D eigenvalue weighted by atomic mass is 19.1. The van der Waals surface area contributed by atoms with Crippen molar-refractivity contribution in [2.75, 3.05) is 11.4 Å². The number of anilines is 1. The van der Waals surface area contributed by atoms with Crippen molar-refractivity contribution in [3.05, 3.63) is 65.0 Å². The molecular weight excluding hydrogens is 365 g/mol. The van der Waals surface area contributed by atoms with Crippen LogP contribution < -0.4 is 10.3 Å². The molecule has 0 radical (unpaired) electrons. The van der Waals surface area contributed by atoms with Gasteiger partial charge in [0, 0.05) is 23.3 Å². The molecule has 1 aliphatic rings. The highest BCUT2D eigenvalue weighted by Crippen LogP contribution is 2.44. The molecule has 0 aromatic heterocycles. The quantitative estimate of drug-likeness (QED) is 0.551. The maximum atomic E-state index is 14.8. The van der Waals surface area contributed by atoms with Gasteiger partial charge in [-0.05, 0) is 55.9 Å². The molecule has 0 saturated heterocycles. The van der Waals surface area contributed by atoms with Gasteiger partial charge in [-0.15, -0.1) is 0 Å². The van der Waals surface area contributed by atoms with Crippen molar-refractivity contribution in [3.63, 3.8) is 0 Å². The Morgan fingerprint density at radius 1 is 1.31 bits per heavy atom. The number of nitrogens with zero attached hydrogens (tertiary/aromatic N) is 2. The molecule has 29 heavy (non-hydrogen) atoms. The van der Waals surface area contributed by atoms with Crippen LogP contribution in [-0.4, -0.2) is 24.2 Å². The van der Waals surface area contributed by atoms with Crippen LogP contribution >= 0.6 is 0 Å². The van der Waals surface area contributed by atoms with E-state index in [1.807, 2.05) is 36.4 Å². The molecule has 1 unspecified atom stereocenters. The van der Waals surface area contributed by atoms with E-state index in [1.54, 1.807) is 6.07 Å². The Morgan fingerprint density at radius 3 is 2.72 bits per heavy atom. The standard InChI is InChI=1S/C24H30FN3O/c1-5-11-28-22-14-21(25)19(13-20(22)17(2)15-24(28,3)4)16-26-27-23(29)12-18-9-7-6-8-10-18/h6-10,13-14,16-17H,5,11-12,15H2,1-4H3,(H,27,29)/b26-16-. The van der Waals surface area contributed by atoms with Gasteiger partial charge < -0.3 is 4.90 Å². The summed E-state index contributed by atoms with van der Waals surface area (Å²) in [7, 11) is 0. The number of carbonyl (C=O) groups excluding carboxylic acids is 1. The van der Waals surface area contributed by atoms with Crippen molar-refractivity contribution in [2.24, 2.45) is 5.10 Å². The Balaban J connectivity index is 1.77. The number of nitrogens with one attached hydrogen (secondary N) is 1. The van der Waals surface area contributed by atoms with Crippen LogP contribution in [-0.2, 0) is 11.2 Å². The molecule has 3 rings (SSSR count). The van der Waals surface area contributed by atoms with E-state index >= 15 is 0 Å². The van der Waals surface area contributed by atoms with Crippen molar-refractivity contribution in [1.29, 1.82) is 0 Å². The van der Waals surface area contributed by atoms with E-state index < -0.39 is 0 Å². The van der Waals surface area contributed by atoms with Crippen LogP contribution in [0.4, 0.5) is 10.1 Å². The summed E-state index contributed by atoms with van der Waals surface area (Å²) in [4.78, 5) is 14.3. The average molecular weight is 396 g/mol. The topological polar surface area (TPSA) is 44.7 Å². The van der Waals surface area contributed by atoms with Crippen molar-refractivity contribution in [2.45, 2.75) is 58.4 Å². The first kappa shape index (κ1) is 21.0. The molecule has 154 valence electrons. The highest BCUT2D eigenvalue weighted by molar-refractivity contribution is 5.84. The molecule has 0 saturated carbocycles. The number of amides is 1. The lowest BCUT2D eigenvalue weighted by Gasteiger charge is -2.47. The summed E-state index contributed by atoms with van der Waals surface area (Å²) in [6.07, 6.45) is 3.66. The molecule has 5 heteroatoms. The van der Waals surface area contributed by atoms with Gasteiger partial charge in [-0.25, -0.2) is 9.82 Å². The van der Waals surface area contributed by atoms with E-state index in [9.17, 15) is 9.18 Å². The van der Waals surface area contributed by atoms with E-state index in [-0.39, 0.29) is 23.7 Å². The summed E-state index contributed by atoms with van der Waals surface area (Å²) in [5.74, 6) is -0.223. The molecule has 4 nitrogen and oxygen atoms in total. The van der Waals surface area contributed by atoms with E-state index in [1.165, 1.54) is 6.21 Å². The van der Waals surface area contributed by atoms with Crippen LogP contribution in [0.5, 0.6) is 0 Å². The van der Waals surface area contributed by atoms with Crippen LogP contribution in [0.25, 0.3) is 0 Å². The number of hydrogen-bond acceptors (Lipinski definition) is 3. The molecule has 2 aromatic carbocycles. The summed E-state index contributed by atoms with van der Waals surface area (Å²) in [5, 5.41) is 3.98. The van der Waals surface area contributed by atoms with Crippen molar-refractivity contribution in [1.82, 2.24) is 5.43 Å². The van der Waals surface area contributed by atoms with Gasteiger partial charge in [0.25, 0.3) is 0 Å². The fourth-order valence-electron chi connectivity index (χ4n) is 4.26. The summed E-state index contributed by atoms with van der Waals surface area (Å²) in [6.45, 7) is 9.66. The maximum absolute atomic E-state index is 14.8. The number of hydrogen-bond donors (Lipinski definition) is 1. The molecule has 0 spiro atoms. The number of benzene rings is 2. The van der Waals surface area contributed by atoms with Gasteiger partial charge in [-0.1, -0.05) is 44.2 Å². The third-order valence-electron chi connectivity index (χ3n) is 5.55. The minimum atomic E-state index is -0.323. The Bertz CT molecular complexity index is 892. The van der Waals surface area contributed by atoms with Crippen molar-refractivity contribution >= 4 is 17.8 Å². The van der Waals surface area contributed by atoms with Gasteiger partial charge in [0.1, 0.15) is 5.82 Å². The Morgan fingerprint density at radius 2 is 2.03 bits per heavy atom. The largest absolute Gasteiger partial charge is 0.366 e. The highest BCUT2D eigenvalue weighted by Gasteiger charge is 2.36. The van der Waals surface area contributed by atoms with Crippen LogP contribution in [0.3, 0.4) is 0 Å². The Kier molecular flexibility index (Phi) is 6.36. The second-order valence-electron chi connectivity index (χ2n) is 8.46. The lowest BCUT2D eigenvalue weighted by molar-refractivity contribution is -0.120. The van der Waals surface area contributed by atoms with Gasteiger partial charge in [0.2, 0.25) is 5.91 Å². The molecule has 1 amide bonds. The summed E-state index contributed by atoms with van der Waals surface area (Å²) < 4.78 is 14.8. The molecule has 0 aliphatic carbocycles. The number of hydrazone groups is 1. The lowest BCUT2D eigenvalue weighted by Crippen LogP contribution is -2.48. The van der Waals surface area contributed by atoms with E-state index in [0.717, 1.165) is 36.2 Å². The van der Waals surface area contributed by atoms with Crippen LogP contribution in [0.1, 0.15) is 63.1 Å². The first-order chi connectivity index (χ1) is 13.8. The second kappa shape index (κ2) is 8.76. The Labute approximate surface area is 172 Å². The van der Waals surface area contributed by atoms with E-state index in [0.29, 0.717) is 11.5 Å². The fourth-order valence-corrected chi connectivity index (χ4v) is 4.26. The van der Waals surface area contributed by atoms with Crippen LogP contribution in [0.2, 0.25) is 0 Å². The molecule has 2 aromatic rings. The zero-order valence-corrected chi connectivity index (χ0v) is 17.7. The molecular formula is C24H30FN3O. The van der Waals surface area contributed by atoms with Gasteiger partial charge in [-0.3, -0.25) is 4.79 Å². The fraction of sp³-hybridized carbons (Fsp3) is 0.417. The number of halogens is 1. The minimum absolute atomic E-state index is 0.00408. The molecule has 1 N–H and O–H groups in total. The number of fused-ring (bicyclic) bond motifs is 1. The van der Waals surface area contributed by atoms with Gasteiger partial charge in [-0.2, -0.15) is 5.10 Å². The molecule has 1 heterocycles. The normalized spacial score (nSPS) is 18.0. The molecule has 1 aliphatic heterocycles. The minimum Gasteiger partial charge on any atom is -0.366 e. The third-order valence-corrected chi connectivity index (χ3v) is 5.55. The zero-order valence-electron chi connectivity index (χ0n) is 17.7. The first-order valence-corrected chi connectivity index (χ1v) is 10.3. The van der Waals surface area contributed by atoms with E-state index in [2.05, 4.69) is 43.1 Å². The molecule has 0 fully saturated rings. The van der Waals surface area contributed by atoms with Crippen LogP contribution in [0, 0.1) is 5.82 Å². The summed E-state index contributed by atoms with van der Waals surface area (Å²) in [6, 6.07) is 12.9. The number of rotatable bonds is 6. The average Bonchev–Trinajstić information content (AvgIpc) is 2.66. The van der Waals surface area contributed by atoms with Gasteiger partial charge in [0.05, 0.1) is 12.6 Å². The zero-order chi connectivity index (χ0) is 21.0. The smallest absolute Gasteiger partial charge is 0.244 e. The summed E-state index contributed by atoms with van der Waals surface area (Å²) in [5.41, 5.74) is 5.90. The van der Waals surface area contributed by atoms with Gasteiger partial charge in [0.15, 0.2) is 0 Å². The van der Waals surface area contributed by atoms with E-state index in [4.69, 9.17) is 0 Å². The number of carbonyl (C=O) groups is 1. The summed E-state index contributed by atoms with van der Waals surface area (Å²) >= 11 is 0.